The van der Waals surface area contributed by atoms with Gasteiger partial charge in [-0.05, 0) is 35.1 Å². The molecule has 0 aliphatic carbocycles. The highest BCUT2D eigenvalue weighted by molar-refractivity contribution is 9.10. The molecule has 0 spiro atoms. The molecule has 0 N–H and O–H groups in total. The summed E-state index contributed by atoms with van der Waals surface area (Å²) in [5, 5.41) is 1.10. The van der Waals surface area contributed by atoms with Gasteiger partial charge in [0.1, 0.15) is 5.69 Å². The first kappa shape index (κ1) is 13.6. The first-order valence-corrected chi connectivity index (χ1v) is 7.59. The molecule has 1 saturated heterocycles. The van der Waals surface area contributed by atoms with Crippen LogP contribution in [-0.2, 0) is 7.05 Å². The lowest BCUT2D eigenvalue weighted by atomic mass is 10.2. The van der Waals surface area contributed by atoms with Crippen molar-refractivity contribution in [3.63, 3.8) is 0 Å². The molecule has 1 aliphatic heterocycles. The molecule has 1 aromatic heterocycles. The molecule has 4 nitrogen and oxygen atoms in total. The smallest absolute Gasteiger partial charge is 0.270 e. The van der Waals surface area contributed by atoms with Crippen molar-refractivity contribution in [3.8, 4) is 0 Å². The molecular formula is C15H18BrN3O. The third-order valence-electron chi connectivity index (χ3n) is 4.02. The number of aromatic nitrogens is 1. The Morgan fingerprint density at radius 2 is 1.85 bits per heavy atom. The van der Waals surface area contributed by atoms with Gasteiger partial charge in [0.2, 0.25) is 0 Å². The Labute approximate surface area is 127 Å². The second-order valence-corrected chi connectivity index (χ2v) is 6.22. The van der Waals surface area contributed by atoms with E-state index >= 15 is 0 Å². The zero-order chi connectivity index (χ0) is 14.3. The summed E-state index contributed by atoms with van der Waals surface area (Å²) in [4.78, 5) is 16.9. The van der Waals surface area contributed by atoms with Gasteiger partial charge in [0.05, 0.1) is 5.52 Å². The van der Waals surface area contributed by atoms with Gasteiger partial charge in [-0.2, -0.15) is 0 Å². The minimum Gasteiger partial charge on any atom is -0.339 e. The van der Waals surface area contributed by atoms with Gasteiger partial charge in [0.25, 0.3) is 5.91 Å². The number of fused-ring (bicyclic) bond motifs is 1. The average molecular weight is 336 g/mol. The fraction of sp³-hybridized carbons (Fsp3) is 0.400. The van der Waals surface area contributed by atoms with Gasteiger partial charge < -0.3 is 14.4 Å². The van der Waals surface area contributed by atoms with Crippen molar-refractivity contribution in [2.45, 2.75) is 0 Å². The largest absolute Gasteiger partial charge is 0.339 e. The fourth-order valence-corrected chi connectivity index (χ4v) is 3.39. The maximum Gasteiger partial charge on any atom is 0.270 e. The predicted molar refractivity (Wildman–Crippen MR) is 84.0 cm³/mol. The number of carbonyl (C=O) groups is 1. The summed E-state index contributed by atoms with van der Waals surface area (Å²) >= 11 is 3.56. The number of likely N-dealkylation sites (N-methyl/N-ethyl adjacent to an activating group) is 1. The van der Waals surface area contributed by atoms with Crippen LogP contribution in [0.1, 0.15) is 10.5 Å². The summed E-state index contributed by atoms with van der Waals surface area (Å²) in [6.45, 7) is 3.49. The van der Waals surface area contributed by atoms with Gasteiger partial charge in [-0.1, -0.05) is 12.1 Å². The second kappa shape index (κ2) is 5.22. The quantitative estimate of drug-likeness (QED) is 0.800. The number of hydrogen-bond donors (Lipinski definition) is 0. The van der Waals surface area contributed by atoms with Gasteiger partial charge in [-0.3, -0.25) is 4.79 Å². The van der Waals surface area contributed by atoms with Gasteiger partial charge >= 0.3 is 0 Å². The molecule has 1 amide bonds. The summed E-state index contributed by atoms with van der Waals surface area (Å²) < 4.78 is 3.01. The Bertz CT molecular complexity index is 656. The minimum absolute atomic E-state index is 0.128. The van der Waals surface area contributed by atoms with E-state index in [1.165, 1.54) is 0 Å². The van der Waals surface area contributed by atoms with E-state index in [1.54, 1.807) is 0 Å². The molecule has 3 rings (SSSR count). The number of rotatable bonds is 1. The molecule has 106 valence electrons. The van der Waals surface area contributed by atoms with E-state index < -0.39 is 0 Å². The standard InChI is InChI=1S/C15H18BrN3O/c1-17-6-8-19(9-7-17)15(20)13-10-11-4-3-5-12(16)14(11)18(13)2/h3-5,10H,6-9H2,1-2H3. The highest BCUT2D eigenvalue weighted by atomic mass is 79.9. The number of nitrogens with zero attached hydrogens (tertiary/aromatic N) is 3. The van der Waals surface area contributed by atoms with Crippen LogP contribution in [-0.4, -0.2) is 53.5 Å². The third-order valence-corrected chi connectivity index (χ3v) is 4.66. The van der Waals surface area contributed by atoms with Gasteiger partial charge in [0, 0.05) is 43.1 Å². The van der Waals surface area contributed by atoms with Gasteiger partial charge in [-0.25, -0.2) is 0 Å². The zero-order valence-electron chi connectivity index (χ0n) is 11.8. The van der Waals surface area contributed by atoms with Crippen LogP contribution in [0.15, 0.2) is 28.7 Å². The molecule has 5 heteroatoms. The van der Waals surface area contributed by atoms with E-state index in [2.05, 4.69) is 27.9 Å². The summed E-state index contributed by atoms with van der Waals surface area (Å²) in [5.74, 6) is 0.128. The molecule has 2 heterocycles. The number of carbonyl (C=O) groups excluding carboxylic acids is 1. The SMILES string of the molecule is CN1CCN(C(=O)c2cc3cccc(Br)c3n2C)CC1. The normalized spacial score (nSPS) is 16.9. The molecule has 0 unspecified atom stereocenters. The molecule has 0 radical (unpaired) electrons. The van der Waals surface area contributed by atoms with Crippen molar-refractivity contribution in [1.82, 2.24) is 14.4 Å². The Kier molecular flexibility index (Phi) is 3.56. The van der Waals surface area contributed by atoms with E-state index in [0.717, 1.165) is 47.2 Å². The second-order valence-electron chi connectivity index (χ2n) is 5.36. The number of hydrogen-bond acceptors (Lipinski definition) is 2. The average Bonchev–Trinajstić information content (AvgIpc) is 2.77. The van der Waals surface area contributed by atoms with Crippen molar-refractivity contribution >= 4 is 32.7 Å². The Hall–Kier alpha value is -1.33. The zero-order valence-corrected chi connectivity index (χ0v) is 13.4. The first-order valence-electron chi connectivity index (χ1n) is 6.79. The van der Waals surface area contributed by atoms with Crippen molar-refractivity contribution in [2.24, 2.45) is 7.05 Å². The predicted octanol–water partition coefficient (Wildman–Crippen LogP) is 2.33. The highest BCUT2D eigenvalue weighted by Crippen LogP contribution is 2.27. The Morgan fingerprint density at radius 3 is 2.50 bits per heavy atom. The van der Waals surface area contributed by atoms with Crippen molar-refractivity contribution < 1.29 is 4.79 Å². The third kappa shape index (κ3) is 2.25. The van der Waals surface area contributed by atoms with Gasteiger partial charge in [0.15, 0.2) is 0 Å². The summed E-state index contributed by atoms with van der Waals surface area (Å²) in [6.07, 6.45) is 0. The van der Waals surface area contributed by atoms with E-state index in [0.29, 0.717) is 0 Å². The van der Waals surface area contributed by atoms with E-state index in [-0.39, 0.29) is 5.91 Å². The highest BCUT2D eigenvalue weighted by Gasteiger charge is 2.23. The summed E-state index contributed by atoms with van der Waals surface area (Å²) in [6, 6.07) is 8.03. The van der Waals surface area contributed by atoms with Crippen LogP contribution in [0.5, 0.6) is 0 Å². The van der Waals surface area contributed by atoms with E-state index in [4.69, 9.17) is 0 Å². The van der Waals surface area contributed by atoms with Crippen LogP contribution in [0.25, 0.3) is 10.9 Å². The number of benzene rings is 1. The van der Waals surface area contributed by atoms with Crippen molar-refractivity contribution in [3.05, 3.63) is 34.4 Å². The number of amides is 1. The van der Waals surface area contributed by atoms with Crippen LogP contribution < -0.4 is 0 Å². The molecule has 1 aromatic carbocycles. The summed E-state index contributed by atoms with van der Waals surface area (Å²) in [7, 11) is 4.05. The molecule has 1 fully saturated rings. The molecule has 20 heavy (non-hydrogen) atoms. The molecule has 1 aliphatic rings. The fourth-order valence-electron chi connectivity index (χ4n) is 2.74. The summed E-state index contributed by atoms with van der Waals surface area (Å²) in [5.41, 5.74) is 1.83. The Morgan fingerprint density at radius 1 is 1.15 bits per heavy atom. The van der Waals surface area contributed by atoms with Gasteiger partial charge in [-0.15, -0.1) is 0 Å². The molecule has 2 aromatic rings. The number of piperazine rings is 1. The van der Waals surface area contributed by atoms with Crippen LogP contribution in [0, 0.1) is 0 Å². The van der Waals surface area contributed by atoms with E-state index in [1.807, 2.05) is 40.8 Å². The monoisotopic (exact) mass is 335 g/mol. The maximum atomic E-state index is 12.7. The van der Waals surface area contributed by atoms with Crippen molar-refractivity contribution in [2.75, 3.05) is 33.2 Å². The molecule has 0 atom stereocenters. The van der Waals surface area contributed by atoms with Crippen LogP contribution in [0.4, 0.5) is 0 Å². The van der Waals surface area contributed by atoms with Crippen LogP contribution >= 0.6 is 15.9 Å². The topological polar surface area (TPSA) is 28.5 Å². The molecular weight excluding hydrogens is 318 g/mol. The minimum atomic E-state index is 0.128. The number of aryl methyl sites for hydroxylation is 1. The lowest BCUT2D eigenvalue weighted by Crippen LogP contribution is -2.47. The number of para-hydroxylation sites is 1. The Balaban J connectivity index is 1.96. The molecule has 0 bridgehead atoms. The molecule has 0 saturated carbocycles. The van der Waals surface area contributed by atoms with E-state index in [9.17, 15) is 4.79 Å². The van der Waals surface area contributed by atoms with Crippen LogP contribution in [0.2, 0.25) is 0 Å². The lowest BCUT2D eigenvalue weighted by molar-refractivity contribution is 0.0655. The van der Waals surface area contributed by atoms with Crippen molar-refractivity contribution in [1.29, 1.82) is 0 Å². The van der Waals surface area contributed by atoms with Crippen LogP contribution in [0.3, 0.4) is 0 Å². The maximum absolute atomic E-state index is 12.7. The first-order chi connectivity index (χ1) is 9.58. The lowest BCUT2D eigenvalue weighted by Gasteiger charge is -2.32. The number of halogens is 1.